The lowest BCUT2D eigenvalue weighted by atomic mass is 9.89. The summed E-state index contributed by atoms with van der Waals surface area (Å²) in [5.74, 6) is -13.4. The van der Waals surface area contributed by atoms with Gasteiger partial charge in [-0.3, -0.25) is 38.5 Å². The van der Waals surface area contributed by atoms with Gasteiger partial charge in [-0.1, -0.05) is 47.5 Å². The van der Waals surface area contributed by atoms with Crippen molar-refractivity contribution in [3.8, 4) is 80.1 Å². The molecule has 29 heteroatoms. The number of ether oxygens (including phenoxy) is 4. The Morgan fingerprint density at radius 1 is 0.548 bits per heavy atom. The van der Waals surface area contributed by atoms with Crippen LogP contribution in [0.5, 0.6) is 69.0 Å². The molecule has 1 fully saturated rings. The number of benzene rings is 7. The quantitative estimate of drug-likeness (QED) is 0.116. The third-order valence-electron chi connectivity index (χ3n) is 16.3. The van der Waals surface area contributed by atoms with E-state index in [-0.39, 0.29) is 90.5 Å². The van der Waals surface area contributed by atoms with E-state index in [9.17, 15) is 50.1 Å². The lowest BCUT2D eigenvalue weighted by molar-refractivity contribution is -0.137. The van der Waals surface area contributed by atoms with Crippen LogP contribution in [-0.4, -0.2) is 133 Å². The molecule has 8 atom stereocenters. The Morgan fingerprint density at radius 2 is 1.15 bits per heavy atom. The molecule has 27 nitrogen and oxygen atoms in total. The highest BCUT2D eigenvalue weighted by molar-refractivity contribution is 6.32. The number of nitrogens with one attached hydrogen (secondary N) is 7. The fraction of sp³-hybridized carbons (Fsp3) is 0.234. The molecule has 0 radical (unpaired) electrons. The van der Waals surface area contributed by atoms with Crippen molar-refractivity contribution in [2.75, 3.05) is 39.4 Å². The highest BCUT2D eigenvalue weighted by Gasteiger charge is 2.41. The molecule has 0 spiro atoms. The van der Waals surface area contributed by atoms with Crippen molar-refractivity contribution in [1.29, 1.82) is 0 Å². The number of halogens is 2. The van der Waals surface area contributed by atoms with E-state index in [1.807, 2.05) is 4.90 Å². The zero-order valence-electron chi connectivity index (χ0n) is 48.4. The molecule has 7 aliphatic rings. The first-order valence-electron chi connectivity index (χ1n) is 28.9. The molecule has 0 aliphatic carbocycles. The molecule has 0 aromatic heterocycles. The Balaban J connectivity index is 1.04. The number of morpholine rings is 1. The first kappa shape index (κ1) is 62.6. The van der Waals surface area contributed by atoms with Gasteiger partial charge in [-0.15, -0.1) is 0 Å². The van der Waals surface area contributed by atoms with Gasteiger partial charge in [-0.05, 0) is 118 Å². The van der Waals surface area contributed by atoms with Gasteiger partial charge in [-0.2, -0.15) is 0 Å². The molecule has 1 saturated heterocycles. The van der Waals surface area contributed by atoms with Gasteiger partial charge in [0.25, 0.3) is 0 Å². The van der Waals surface area contributed by atoms with Crippen molar-refractivity contribution >= 4 is 64.6 Å². The zero-order chi connectivity index (χ0) is 65.7. The molecule has 93 heavy (non-hydrogen) atoms. The number of aromatic hydroxyl groups is 6. The van der Waals surface area contributed by atoms with Crippen LogP contribution in [0.15, 0.2) is 115 Å². The number of carbonyl (C=O) groups is 7. The number of nitrogens with two attached hydrogens (primary N) is 1. The van der Waals surface area contributed by atoms with Crippen LogP contribution in [0, 0.1) is 0 Å². The van der Waals surface area contributed by atoms with Gasteiger partial charge < -0.3 is 97.6 Å². The molecule has 7 aliphatic heterocycles. The van der Waals surface area contributed by atoms with Crippen molar-refractivity contribution in [3.05, 3.63) is 164 Å². The average Bonchev–Trinajstić information content (AvgIpc) is 0.787. The van der Waals surface area contributed by atoms with E-state index in [0.29, 0.717) is 38.4 Å². The first-order chi connectivity index (χ1) is 44.5. The van der Waals surface area contributed by atoms with Gasteiger partial charge in [-0.25, -0.2) is 0 Å². The number of fused-ring (bicyclic) bond motifs is 14. The Morgan fingerprint density at radius 3 is 1.85 bits per heavy atom. The van der Waals surface area contributed by atoms with Crippen LogP contribution in [0.25, 0.3) is 11.1 Å². The van der Waals surface area contributed by atoms with Gasteiger partial charge in [0.2, 0.25) is 47.1 Å². The number of rotatable bonds is 4. The summed E-state index contributed by atoms with van der Waals surface area (Å²) < 4.78 is 24.0. The SMILES string of the molecule is N[C@H]1C(=O)N[C@@H]2Cc3ccc(c(Cl)c3)Oc3cc4cc(c3O)Oc3ccc(cc3Cl)[C@@H](O)[C@@H]3NC(=O)[C@H](NC(=O)[C@@H]4NC(=O)[C@@H](NC2=O)c2cc(O)cc(c2)Oc2cc1ccc2O)c1ccc(O)c(c1)-c1c(O)cc(O)cc1[C@@H](C(=O)NCCN1CCOCC1)NC3=O. The molecule has 7 aromatic rings. The van der Waals surface area contributed by atoms with Crippen LogP contribution in [0.2, 0.25) is 10.0 Å². The predicted octanol–water partition coefficient (Wildman–Crippen LogP) is 4.35. The molecule has 14 rings (SSSR count). The maximum absolute atomic E-state index is 15.9. The van der Waals surface area contributed by atoms with Crippen molar-refractivity contribution in [2.45, 2.75) is 54.8 Å². The summed E-state index contributed by atoms with van der Waals surface area (Å²) >= 11 is 13.8. The molecule has 7 heterocycles. The lowest BCUT2D eigenvalue weighted by Crippen LogP contribution is -2.56. The minimum atomic E-state index is -2.16. The Hall–Kier alpha value is -10.6. The van der Waals surface area contributed by atoms with E-state index in [0.717, 1.165) is 48.5 Å². The van der Waals surface area contributed by atoms with Crippen LogP contribution >= 0.6 is 23.2 Å². The van der Waals surface area contributed by atoms with E-state index >= 15 is 19.2 Å². The smallest absolute Gasteiger partial charge is 0.248 e. The highest BCUT2D eigenvalue weighted by Crippen LogP contribution is 2.48. The third-order valence-corrected chi connectivity index (χ3v) is 16.9. The van der Waals surface area contributed by atoms with Gasteiger partial charge in [0.15, 0.2) is 23.0 Å². The van der Waals surface area contributed by atoms with Gasteiger partial charge in [0, 0.05) is 55.9 Å². The molecule has 0 unspecified atom stereocenters. The third kappa shape index (κ3) is 12.9. The highest BCUT2D eigenvalue weighted by atomic mass is 35.5. The van der Waals surface area contributed by atoms with E-state index in [2.05, 4.69) is 37.2 Å². The van der Waals surface area contributed by atoms with Crippen LogP contribution in [0.3, 0.4) is 0 Å². The molecular formula is C64H57Cl2N9O18. The normalized spacial score (nSPS) is 22.3. The summed E-state index contributed by atoms with van der Waals surface area (Å²) in [6, 6.07) is 9.38. The monoisotopic (exact) mass is 1310 g/mol. The Kier molecular flexibility index (Phi) is 17.3. The molecule has 0 saturated carbocycles. The van der Waals surface area contributed by atoms with Gasteiger partial charge in [0.05, 0.1) is 23.3 Å². The largest absolute Gasteiger partial charge is 0.508 e. The fourth-order valence-corrected chi connectivity index (χ4v) is 12.0. The van der Waals surface area contributed by atoms with Crippen LogP contribution < -0.4 is 57.2 Å². The van der Waals surface area contributed by atoms with E-state index < -0.39 is 136 Å². The average molecular weight is 1310 g/mol. The van der Waals surface area contributed by atoms with Crippen LogP contribution in [-0.2, 0) is 44.7 Å². The van der Waals surface area contributed by atoms with E-state index in [1.54, 1.807) is 0 Å². The fourth-order valence-electron chi connectivity index (χ4n) is 11.5. The zero-order valence-corrected chi connectivity index (χ0v) is 50.0. The van der Waals surface area contributed by atoms with Crippen LogP contribution in [0.4, 0.5) is 0 Å². The molecule has 7 amide bonds. The maximum Gasteiger partial charge on any atom is 0.248 e. The second kappa shape index (κ2) is 25.6. The molecule has 7 aromatic carbocycles. The van der Waals surface area contributed by atoms with Gasteiger partial charge in [0.1, 0.15) is 88.6 Å². The standard InChI is InChI=1S/C64H57Cl2N9O18/c65-38-15-27-1-7-44(38)92-47-22-32-23-48(57(47)82)93-45-8-4-30(20-39(45)66)56(81)55-64(89)73-54(60(85)68-9-10-75-11-13-90-14-12-75)37-25-34(77)26-43(80)49(37)36-19-29(3-5-41(36)78)51(61(86)74-55)71-63(88)53(32)72-62(87)52-31-17-33(76)24-35(18-31)91-46-21-28(2-6-42(46)79)50(67)59(84)69-40(16-27)58(83)70-52/h1-8,15,17-26,40,50-56,76-82H,9-14,16,67H2,(H,68,85)(H,69,84)(H,70,83)(H,71,88)(H,72,87)(H,73,89)(H,74,86)/t40-,50-,51-,52+,53-,54+,55+,56-/m1/s1. The number of nitrogens with zero attached hydrogens (tertiary/aromatic N) is 1. The number of hydrogen-bond acceptors (Lipinski definition) is 20. The van der Waals surface area contributed by atoms with Crippen molar-refractivity contribution in [2.24, 2.45) is 5.73 Å². The second-order valence-electron chi connectivity index (χ2n) is 22.5. The number of aliphatic hydroxyl groups is 1. The van der Waals surface area contributed by atoms with Crippen molar-refractivity contribution in [1.82, 2.24) is 42.1 Å². The summed E-state index contributed by atoms with van der Waals surface area (Å²) in [6.45, 7) is 2.36. The summed E-state index contributed by atoms with van der Waals surface area (Å²) in [5, 5.41) is 99.3. The minimum Gasteiger partial charge on any atom is -0.508 e. The topological polar surface area (TPSA) is 411 Å². The number of hydrogen-bond donors (Lipinski definition) is 15. The van der Waals surface area contributed by atoms with Crippen LogP contribution in [0.1, 0.15) is 75.3 Å². The summed E-state index contributed by atoms with van der Waals surface area (Å²) in [7, 11) is 0. The van der Waals surface area contributed by atoms with Gasteiger partial charge >= 0.3 is 0 Å². The minimum absolute atomic E-state index is 0.0146. The summed E-state index contributed by atoms with van der Waals surface area (Å²) in [6.07, 6.45) is -2.42. The molecule has 480 valence electrons. The molecule has 17 bridgehead atoms. The summed E-state index contributed by atoms with van der Waals surface area (Å²) in [4.78, 5) is 108. The predicted molar refractivity (Wildman–Crippen MR) is 328 cm³/mol. The maximum atomic E-state index is 15.9. The van der Waals surface area contributed by atoms with E-state index in [4.69, 9.17) is 47.9 Å². The number of carbonyl (C=O) groups excluding carboxylic acids is 7. The Bertz CT molecular complexity index is 4250. The summed E-state index contributed by atoms with van der Waals surface area (Å²) in [5.41, 5.74) is 5.03. The number of phenols is 6. The van der Waals surface area contributed by atoms with Crippen molar-refractivity contribution < 1.29 is 88.3 Å². The number of aliphatic hydroxyl groups excluding tert-OH is 1. The molecular weight excluding hydrogens is 1250 g/mol. The first-order valence-corrected chi connectivity index (χ1v) is 29.7. The molecule has 16 N–H and O–H groups in total. The van der Waals surface area contributed by atoms with E-state index in [1.165, 1.54) is 66.7 Å². The number of phenolic OH excluding ortho intramolecular Hbond substituents is 6. The lowest BCUT2D eigenvalue weighted by Gasteiger charge is -2.32. The Labute approximate surface area is 536 Å². The second-order valence-corrected chi connectivity index (χ2v) is 23.3. The number of amides is 7. The van der Waals surface area contributed by atoms with Crippen molar-refractivity contribution in [3.63, 3.8) is 0 Å².